The Bertz CT molecular complexity index is 60.0. The predicted molar refractivity (Wildman–Crippen MR) is 32.2 cm³/mol. The maximum Gasteiger partial charge on any atom is 0.290 e. The van der Waals surface area contributed by atoms with Crippen molar-refractivity contribution in [3.05, 3.63) is 0 Å². The summed E-state index contributed by atoms with van der Waals surface area (Å²) in [5.41, 5.74) is 0. The molecular formula is C4H9BNO2. The van der Waals surface area contributed by atoms with E-state index in [0.717, 1.165) is 0 Å². The SMILES string of the molecule is O=C[B]NCCCO. The Balaban J connectivity index is 2.62. The molecule has 0 amide bonds. The lowest BCUT2D eigenvalue weighted by Crippen LogP contribution is -2.21. The predicted octanol–water partition coefficient (Wildman–Crippen LogP) is -1.23. The normalized spacial score (nSPS) is 8.62. The summed E-state index contributed by atoms with van der Waals surface area (Å²) in [6.07, 6.45) is 1.36. The van der Waals surface area contributed by atoms with Crippen molar-refractivity contribution in [3.8, 4) is 0 Å². The number of carbonyl (C=O) groups is 1. The van der Waals surface area contributed by atoms with E-state index in [1.54, 1.807) is 0 Å². The minimum absolute atomic E-state index is 0.166. The monoisotopic (exact) mass is 114 g/mol. The Morgan fingerprint density at radius 1 is 1.75 bits per heavy atom. The van der Waals surface area contributed by atoms with Gasteiger partial charge in [-0.2, -0.15) is 0 Å². The fraction of sp³-hybridized carbons (Fsp3) is 0.750. The van der Waals surface area contributed by atoms with Gasteiger partial charge in [-0.3, -0.25) is 0 Å². The van der Waals surface area contributed by atoms with E-state index >= 15 is 0 Å². The number of rotatable bonds is 5. The van der Waals surface area contributed by atoms with Crippen LogP contribution in [0.3, 0.4) is 0 Å². The molecule has 8 heavy (non-hydrogen) atoms. The van der Waals surface area contributed by atoms with Crippen molar-refractivity contribution in [1.29, 1.82) is 0 Å². The fourth-order valence-electron chi connectivity index (χ4n) is 0.313. The van der Waals surface area contributed by atoms with E-state index < -0.39 is 0 Å². The molecule has 0 aromatic heterocycles. The Morgan fingerprint density at radius 3 is 3.00 bits per heavy atom. The van der Waals surface area contributed by atoms with E-state index in [-0.39, 0.29) is 6.61 Å². The summed E-state index contributed by atoms with van der Waals surface area (Å²) in [5, 5.41) is 10.9. The van der Waals surface area contributed by atoms with Gasteiger partial charge in [-0.25, -0.2) is 0 Å². The van der Waals surface area contributed by atoms with Crippen molar-refractivity contribution < 1.29 is 9.90 Å². The van der Waals surface area contributed by atoms with Crippen molar-refractivity contribution in [2.75, 3.05) is 13.2 Å². The molecule has 0 aliphatic carbocycles. The lowest BCUT2D eigenvalue weighted by atomic mass is 9.99. The number of carbonyl (C=O) groups excluding carboxylic acids is 1. The van der Waals surface area contributed by atoms with Crippen LogP contribution >= 0.6 is 0 Å². The summed E-state index contributed by atoms with van der Waals surface area (Å²) < 4.78 is 0. The summed E-state index contributed by atoms with van der Waals surface area (Å²) in [7, 11) is 1.32. The van der Waals surface area contributed by atoms with Gasteiger partial charge in [-0.15, -0.1) is 0 Å². The summed E-state index contributed by atoms with van der Waals surface area (Å²) in [4.78, 5) is 9.59. The molecule has 0 saturated heterocycles. The number of nitrogens with one attached hydrogen (secondary N) is 1. The molecule has 3 nitrogen and oxygen atoms in total. The molecule has 0 aromatic rings. The molecule has 0 aliphatic rings. The van der Waals surface area contributed by atoms with Crippen LogP contribution in [0, 0.1) is 0 Å². The van der Waals surface area contributed by atoms with Crippen molar-refractivity contribution in [1.82, 2.24) is 5.23 Å². The Labute approximate surface area is 49.3 Å². The summed E-state index contributed by atoms with van der Waals surface area (Å²) in [6.45, 7) is 0.828. The molecular weight excluding hydrogens is 105 g/mol. The van der Waals surface area contributed by atoms with Gasteiger partial charge < -0.3 is 15.1 Å². The van der Waals surface area contributed by atoms with Crippen molar-refractivity contribution in [2.24, 2.45) is 0 Å². The van der Waals surface area contributed by atoms with E-state index in [4.69, 9.17) is 5.11 Å². The molecule has 0 fully saturated rings. The Hall–Kier alpha value is -0.345. The van der Waals surface area contributed by atoms with Crippen molar-refractivity contribution >= 4 is 13.6 Å². The molecule has 0 unspecified atom stereocenters. The number of aliphatic hydroxyl groups is 1. The van der Waals surface area contributed by atoms with E-state index in [1.807, 2.05) is 0 Å². The van der Waals surface area contributed by atoms with E-state index in [0.29, 0.717) is 19.2 Å². The molecule has 0 rings (SSSR count). The van der Waals surface area contributed by atoms with E-state index in [1.165, 1.54) is 7.41 Å². The van der Waals surface area contributed by atoms with Gasteiger partial charge >= 0.3 is 0 Å². The second-order valence-corrected chi connectivity index (χ2v) is 1.33. The Kier molecular flexibility index (Phi) is 6.37. The lowest BCUT2D eigenvalue weighted by Gasteiger charge is -1.93. The average Bonchev–Trinajstić information content (AvgIpc) is 1.81. The van der Waals surface area contributed by atoms with Crippen LogP contribution in [-0.2, 0) is 4.79 Å². The topological polar surface area (TPSA) is 49.3 Å². The zero-order valence-corrected chi connectivity index (χ0v) is 4.63. The largest absolute Gasteiger partial charge is 0.396 e. The second-order valence-electron chi connectivity index (χ2n) is 1.33. The van der Waals surface area contributed by atoms with Gasteiger partial charge in [0.25, 0.3) is 7.41 Å². The maximum atomic E-state index is 9.59. The quantitative estimate of drug-likeness (QED) is 0.267. The smallest absolute Gasteiger partial charge is 0.290 e. The van der Waals surface area contributed by atoms with Crippen LogP contribution in [0.4, 0.5) is 0 Å². The minimum Gasteiger partial charge on any atom is -0.396 e. The molecule has 0 aromatic carbocycles. The highest BCUT2D eigenvalue weighted by atomic mass is 16.3. The number of aliphatic hydroxyl groups excluding tert-OH is 1. The third kappa shape index (κ3) is 5.65. The average molecular weight is 114 g/mol. The standard InChI is InChI=1S/C4H9BNO2/c7-3-1-2-6-5-4-8/h4,6-7H,1-3H2. The molecule has 1 radical (unpaired) electrons. The summed E-state index contributed by atoms with van der Waals surface area (Å²) in [6, 6.07) is 0. The minimum atomic E-state index is 0.166. The Morgan fingerprint density at radius 2 is 2.50 bits per heavy atom. The highest BCUT2D eigenvalue weighted by Gasteiger charge is 1.84. The highest BCUT2D eigenvalue weighted by Crippen LogP contribution is 1.67. The first kappa shape index (κ1) is 7.65. The summed E-state index contributed by atoms with van der Waals surface area (Å²) in [5.74, 6) is 0. The molecule has 0 spiro atoms. The fourth-order valence-corrected chi connectivity index (χ4v) is 0.313. The third-order valence-electron chi connectivity index (χ3n) is 0.665. The van der Waals surface area contributed by atoms with E-state index in [2.05, 4.69) is 5.23 Å². The first-order valence-electron chi connectivity index (χ1n) is 2.53. The zero-order chi connectivity index (χ0) is 6.24. The van der Waals surface area contributed by atoms with Crippen molar-refractivity contribution in [3.63, 3.8) is 0 Å². The highest BCUT2D eigenvalue weighted by molar-refractivity contribution is 6.64. The van der Waals surface area contributed by atoms with Crippen molar-refractivity contribution in [2.45, 2.75) is 6.42 Å². The lowest BCUT2D eigenvalue weighted by molar-refractivity contribution is 0.289. The molecule has 4 heteroatoms. The molecule has 0 bridgehead atoms. The molecule has 45 valence electrons. The van der Waals surface area contributed by atoms with Gasteiger partial charge in [0.15, 0.2) is 0 Å². The molecule has 0 heterocycles. The number of hydrogen-bond acceptors (Lipinski definition) is 3. The zero-order valence-electron chi connectivity index (χ0n) is 4.63. The first-order valence-corrected chi connectivity index (χ1v) is 2.53. The van der Waals surface area contributed by atoms with Crippen LogP contribution in [-0.4, -0.2) is 31.9 Å². The van der Waals surface area contributed by atoms with Gasteiger partial charge in [0, 0.05) is 6.61 Å². The van der Waals surface area contributed by atoms with Gasteiger partial charge in [0.1, 0.15) is 0 Å². The summed E-state index contributed by atoms with van der Waals surface area (Å²) >= 11 is 0. The second kappa shape index (κ2) is 6.65. The van der Waals surface area contributed by atoms with Crippen LogP contribution < -0.4 is 5.23 Å². The molecule has 0 atom stereocenters. The van der Waals surface area contributed by atoms with Gasteiger partial charge in [0.05, 0.1) is 6.19 Å². The van der Waals surface area contributed by atoms with Gasteiger partial charge in [-0.05, 0) is 13.0 Å². The maximum absolute atomic E-state index is 9.59. The van der Waals surface area contributed by atoms with Crippen LogP contribution in [0.1, 0.15) is 6.42 Å². The van der Waals surface area contributed by atoms with Crippen LogP contribution in [0.15, 0.2) is 0 Å². The van der Waals surface area contributed by atoms with Crippen LogP contribution in [0.25, 0.3) is 0 Å². The van der Waals surface area contributed by atoms with Crippen LogP contribution in [0.5, 0.6) is 0 Å². The molecule has 2 N–H and O–H groups in total. The third-order valence-corrected chi connectivity index (χ3v) is 0.665. The van der Waals surface area contributed by atoms with E-state index in [9.17, 15) is 4.79 Å². The molecule has 0 saturated carbocycles. The first-order chi connectivity index (χ1) is 3.91. The molecule has 0 aliphatic heterocycles. The number of hydrogen-bond donors (Lipinski definition) is 2. The van der Waals surface area contributed by atoms with Crippen LogP contribution in [0.2, 0.25) is 0 Å². The van der Waals surface area contributed by atoms with Gasteiger partial charge in [-0.1, -0.05) is 0 Å². The van der Waals surface area contributed by atoms with Gasteiger partial charge in [0.2, 0.25) is 0 Å².